The smallest absolute Gasteiger partial charge is 0.317 e. The predicted octanol–water partition coefficient (Wildman–Crippen LogP) is 4.55. The number of aromatic amines is 1. The highest BCUT2D eigenvalue weighted by molar-refractivity contribution is 5.95. The summed E-state index contributed by atoms with van der Waals surface area (Å²) >= 11 is 0. The van der Waals surface area contributed by atoms with Gasteiger partial charge >= 0.3 is 6.01 Å². The van der Waals surface area contributed by atoms with Crippen molar-refractivity contribution in [3.05, 3.63) is 72.7 Å². The van der Waals surface area contributed by atoms with Crippen molar-refractivity contribution >= 4 is 11.6 Å². The number of imidazole rings is 1. The zero-order valence-corrected chi connectivity index (χ0v) is 21.1. The molecule has 0 unspecified atom stereocenters. The first-order valence-electron chi connectivity index (χ1n) is 12.1. The number of anilines is 1. The molecule has 1 aromatic carbocycles. The molecule has 3 aromatic heterocycles. The maximum absolute atomic E-state index is 13.6. The largest absolute Gasteiger partial charge is 0.461 e. The van der Waals surface area contributed by atoms with Gasteiger partial charge in [0, 0.05) is 18.0 Å². The number of amides is 1. The Morgan fingerprint density at radius 1 is 1.13 bits per heavy atom. The lowest BCUT2D eigenvalue weighted by Crippen LogP contribution is -2.45. The van der Waals surface area contributed by atoms with Crippen molar-refractivity contribution in [3.63, 3.8) is 0 Å². The first-order chi connectivity index (χ1) is 18.3. The molecule has 1 saturated heterocycles. The molecule has 4 aromatic rings. The molecule has 1 fully saturated rings. The van der Waals surface area contributed by atoms with Gasteiger partial charge in [-0.25, -0.2) is 14.4 Å². The minimum Gasteiger partial charge on any atom is -0.461 e. The second-order valence-corrected chi connectivity index (χ2v) is 9.45. The van der Waals surface area contributed by atoms with Crippen LogP contribution in [-0.4, -0.2) is 50.1 Å². The number of halogens is 1. The number of nitrogens with one attached hydrogen (secondary N) is 2. The van der Waals surface area contributed by atoms with Gasteiger partial charge in [0.1, 0.15) is 5.82 Å². The lowest BCUT2D eigenvalue weighted by Gasteiger charge is -2.35. The van der Waals surface area contributed by atoms with E-state index in [4.69, 9.17) is 19.2 Å². The normalized spacial score (nSPS) is 19.3. The monoisotopic (exact) mass is 518 g/mol. The molecule has 1 aliphatic heterocycles. The van der Waals surface area contributed by atoms with Crippen LogP contribution >= 0.6 is 0 Å². The average molecular weight is 519 g/mol. The lowest BCUT2D eigenvalue weighted by atomic mass is 9.91. The van der Waals surface area contributed by atoms with E-state index in [1.807, 2.05) is 13.8 Å². The number of pyridine rings is 1. The summed E-state index contributed by atoms with van der Waals surface area (Å²) in [6.45, 7) is 5.74. The van der Waals surface area contributed by atoms with Crippen molar-refractivity contribution in [1.29, 1.82) is 0 Å². The Bertz CT molecular complexity index is 1400. The summed E-state index contributed by atoms with van der Waals surface area (Å²) in [6, 6.07) is 11.4. The van der Waals surface area contributed by atoms with Crippen LogP contribution in [0.25, 0.3) is 22.6 Å². The Hall–Kier alpha value is -4.22. The van der Waals surface area contributed by atoms with E-state index in [1.165, 1.54) is 12.1 Å². The van der Waals surface area contributed by atoms with E-state index in [2.05, 4.69) is 25.3 Å². The molecule has 1 amide bonds. The summed E-state index contributed by atoms with van der Waals surface area (Å²) in [5.41, 5.74) is 1.97. The van der Waals surface area contributed by atoms with E-state index >= 15 is 0 Å². The molecule has 1 aliphatic rings. The minimum atomic E-state index is -0.919. The maximum Gasteiger partial charge on any atom is 0.317 e. The molecule has 196 valence electrons. The molecule has 10 nitrogen and oxygen atoms in total. The van der Waals surface area contributed by atoms with Crippen molar-refractivity contribution in [2.24, 2.45) is 5.41 Å². The van der Waals surface area contributed by atoms with Gasteiger partial charge < -0.3 is 24.5 Å². The molecule has 0 saturated carbocycles. The molecular formula is C27H27FN6O4. The third-order valence-electron chi connectivity index (χ3n) is 5.87. The van der Waals surface area contributed by atoms with Gasteiger partial charge in [-0.3, -0.25) is 9.78 Å². The third kappa shape index (κ3) is 5.53. The number of ether oxygens (including phenoxy) is 3. The summed E-state index contributed by atoms with van der Waals surface area (Å²) in [6.07, 6.45) is 3.84. The number of rotatable bonds is 7. The van der Waals surface area contributed by atoms with E-state index < -0.39 is 11.7 Å². The Morgan fingerprint density at radius 3 is 2.58 bits per heavy atom. The van der Waals surface area contributed by atoms with E-state index in [9.17, 15) is 9.18 Å². The van der Waals surface area contributed by atoms with Crippen molar-refractivity contribution < 1.29 is 23.4 Å². The molecule has 0 spiro atoms. The number of benzene rings is 1. The Labute approximate surface area is 218 Å². The molecule has 0 aliphatic carbocycles. The standard InChI is InChI=1S/C27H27FN6O4/c1-16(2)38-26-30-12-10-20(32-26)22-21(17-6-8-18(28)9-7-17)33-23(34-22)24-36-14-27(3,15-37-24)25(35)31-19-5-4-11-29-13-19/h4-13,16,24H,14-15H2,1-3H3,(H,31,35)(H,33,34). The van der Waals surface area contributed by atoms with Crippen LogP contribution in [-0.2, 0) is 14.3 Å². The van der Waals surface area contributed by atoms with Crippen molar-refractivity contribution in [2.45, 2.75) is 33.2 Å². The maximum atomic E-state index is 13.6. The number of hydrogen-bond acceptors (Lipinski definition) is 8. The van der Waals surface area contributed by atoms with Gasteiger partial charge in [0.15, 0.2) is 5.82 Å². The minimum absolute atomic E-state index is 0.103. The molecule has 0 bridgehead atoms. The second-order valence-electron chi connectivity index (χ2n) is 9.45. The number of H-pyrrole nitrogens is 1. The molecule has 2 N–H and O–H groups in total. The Morgan fingerprint density at radius 2 is 1.89 bits per heavy atom. The Kier molecular flexibility index (Phi) is 7.12. The van der Waals surface area contributed by atoms with Crippen LogP contribution in [0.15, 0.2) is 61.1 Å². The molecule has 5 rings (SSSR count). The fourth-order valence-corrected chi connectivity index (χ4v) is 3.87. The van der Waals surface area contributed by atoms with Crippen LogP contribution in [0.5, 0.6) is 6.01 Å². The second kappa shape index (κ2) is 10.6. The van der Waals surface area contributed by atoms with Gasteiger partial charge in [-0.1, -0.05) is 0 Å². The van der Waals surface area contributed by atoms with Crippen LogP contribution in [0.1, 0.15) is 32.9 Å². The van der Waals surface area contributed by atoms with E-state index in [0.29, 0.717) is 34.2 Å². The topological polar surface area (TPSA) is 124 Å². The highest BCUT2D eigenvalue weighted by atomic mass is 19.1. The number of carbonyl (C=O) groups is 1. The predicted molar refractivity (Wildman–Crippen MR) is 136 cm³/mol. The van der Waals surface area contributed by atoms with Gasteiger partial charge in [-0.05, 0) is 63.2 Å². The summed E-state index contributed by atoms with van der Waals surface area (Å²) in [5, 5.41) is 2.84. The van der Waals surface area contributed by atoms with Crippen molar-refractivity contribution in [1.82, 2.24) is 24.9 Å². The first-order valence-corrected chi connectivity index (χ1v) is 12.1. The molecule has 0 radical (unpaired) electrons. The molecule has 11 heteroatoms. The summed E-state index contributed by atoms with van der Waals surface area (Å²) < 4.78 is 31.2. The number of hydrogen-bond donors (Lipinski definition) is 2. The number of carbonyl (C=O) groups excluding carboxylic acids is 1. The SMILES string of the molecule is CC(C)Oc1nccc(-c2[nH]c(C3OCC(C)(C(=O)Nc4cccnc4)CO3)nc2-c2ccc(F)cc2)n1. The van der Waals surface area contributed by atoms with Crippen LogP contribution < -0.4 is 10.1 Å². The molecule has 4 heterocycles. The van der Waals surface area contributed by atoms with Gasteiger partial charge in [-0.2, -0.15) is 4.98 Å². The fourth-order valence-electron chi connectivity index (χ4n) is 3.87. The van der Waals surface area contributed by atoms with E-state index in [0.717, 1.165) is 0 Å². The van der Waals surface area contributed by atoms with Gasteiger partial charge in [-0.15, -0.1) is 0 Å². The average Bonchev–Trinajstić information content (AvgIpc) is 3.35. The van der Waals surface area contributed by atoms with E-state index in [-0.39, 0.29) is 37.1 Å². The van der Waals surface area contributed by atoms with Crippen molar-refractivity contribution in [3.8, 4) is 28.7 Å². The van der Waals surface area contributed by atoms with Crippen LogP contribution in [0.4, 0.5) is 10.1 Å². The van der Waals surface area contributed by atoms with Crippen LogP contribution in [0, 0.1) is 11.2 Å². The quantitative estimate of drug-likeness (QED) is 0.365. The zero-order valence-electron chi connectivity index (χ0n) is 21.1. The van der Waals surface area contributed by atoms with Crippen LogP contribution in [0.2, 0.25) is 0 Å². The molecular weight excluding hydrogens is 491 g/mol. The number of nitrogens with zero attached hydrogens (tertiary/aromatic N) is 4. The van der Waals surface area contributed by atoms with Gasteiger partial charge in [0.05, 0.1) is 53.7 Å². The Balaban J connectivity index is 1.40. The van der Waals surface area contributed by atoms with E-state index in [1.54, 1.807) is 55.8 Å². The summed E-state index contributed by atoms with van der Waals surface area (Å²) in [5.74, 6) is -0.211. The molecule has 38 heavy (non-hydrogen) atoms. The molecule has 0 atom stereocenters. The third-order valence-corrected chi connectivity index (χ3v) is 5.87. The lowest BCUT2D eigenvalue weighted by molar-refractivity contribution is -0.229. The van der Waals surface area contributed by atoms with Gasteiger partial charge in [0.2, 0.25) is 12.2 Å². The fraction of sp³-hybridized carbons (Fsp3) is 0.296. The van der Waals surface area contributed by atoms with Crippen molar-refractivity contribution in [2.75, 3.05) is 18.5 Å². The number of aromatic nitrogens is 5. The highest BCUT2D eigenvalue weighted by Gasteiger charge is 2.41. The summed E-state index contributed by atoms with van der Waals surface area (Å²) in [4.78, 5) is 33.6. The highest BCUT2D eigenvalue weighted by Crippen LogP contribution is 2.36. The first kappa shape index (κ1) is 25.4. The summed E-state index contributed by atoms with van der Waals surface area (Å²) in [7, 11) is 0. The van der Waals surface area contributed by atoms with Gasteiger partial charge in [0.25, 0.3) is 0 Å². The van der Waals surface area contributed by atoms with Crippen LogP contribution in [0.3, 0.4) is 0 Å². The zero-order chi connectivity index (χ0) is 26.7.